The van der Waals surface area contributed by atoms with Crippen molar-refractivity contribution in [3.63, 3.8) is 0 Å². The van der Waals surface area contributed by atoms with Crippen molar-refractivity contribution in [2.24, 2.45) is 0 Å². The molecule has 0 aromatic heterocycles. The van der Waals surface area contributed by atoms with Gasteiger partial charge in [-0.05, 0) is 31.2 Å². The highest BCUT2D eigenvalue weighted by atomic mass is 16.6. The second kappa shape index (κ2) is 9.40. The zero-order valence-corrected chi connectivity index (χ0v) is 16.3. The van der Waals surface area contributed by atoms with Crippen LogP contribution in [0.15, 0.2) is 36.4 Å². The van der Waals surface area contributed by atoms with Gasteiger partial charge in [0.1, 0.15) is 5.75 Å². The molecule has 0 saturated heterocycles. The molecule has 1 unspecified atom stereocenters. The maximum absolute atomic E-state index is 12.4. The van der Waals surface area contributed by atoms with Gasteiger partial charge in [0.25, 0.3) is 11.6 Å². The summed E-state index contributed by atoms with van der Waals surface area (Å²) in [7, 11) is 4.25. The van der Waals surface area contributed by atoms with E-state index in [1.807, 2.05) is 0 Å². The highest BCUT2D eigenvalue weighted by Crippen LogP contribution is 2.30. The molecule has 2 aromatic rings. The molecule has 1 N–H and O–H groups in total. The first-order valence-electron chi connectivity index (χ1n) is 8.37. The van der Waals surface area contributed by atoms with Crippen LogP contribution in [0.3, 0.4) is 0 Å². The smallest absolute Gasteiger partial charge is 0.339 e. The first-order valence-corrected chi connectivity index (χ1v) is 8.37. The molecule has 0 aliphatic rings. The predicted octanol–water partition coefficient (Wildman–Crippen LogP) is 2.80. The van der Waals surface area contributed by atoms with Gasteiger partial charge in [0.2, 0.25) is 0 Å². The van der Waals surface area contributed by atoms with Crippen LogP contribution in [0.5, 0.6) is 17.2 Å². The van der Waals surface area contributed by atoms with E-state index in [-0.39, 0.29) is 22.7 Å². The maximum atomic E-state index is 12.4. The normalized spacial score (nSPS) is 11.2. The molecule has 10 nitrogen and oxygen atoms in total. The summed E-state index contributed by atoms with van der Waals surface area (Å²) in [5.74, 6) is -0.437. The molecule has 0 heterocycles. The van der Waals surface area contributed by atoms with E-state index >= 15 is 0 Å². The van der Waals surface area contributed by atoms with Gasteiger partial charge in [-0.2, -0.15) is 0 Å². The lowest BCUT2D eigenvalue weighted by molar-refractivity contribution is -0.384. The SMILES string of the molecule is COc1ccc([N+](=O)[O-])cc1NC(=O)C(C)OC(=O)c1ccc(OC)c(OC)c1. The summed E-state index contributed by atoms with van der Waals surface area (Å²) in [6.07, 6.45) is -1.18. The van der Waals surface area contributed by atoms with Crippen molar-refractivity contribution in [3.05, 3.63) is 52.1 Å². The van der Waals surface area contributed by atoms with Gasteiger partial charge in [-0.25, -0.2) is 4.79 Å². The Kier molecular flexibility index (Phi) is 6.96. The molecule has 1 atom stereocenters. The Morgan fingerprint density at radius 3 is 2.17 bits per heavy atom. The van der Waals surface area contributed by atoms with Gasteiger partial charge < -0.3 is 24.3 Å². The van der Waals surface area contributed by atoms with Gasteiger partial charge >= 0.3 is 5.97 Å². The average molecular weight is 404 g/mol. The number of hydrogen-bond acceptors (Lipinski definition) is 8. The van der Waals surface area contributed by atoms with Crippen LogP contribution in [-0.4, -0.2) is 44.2 Å². The van der Waals surface area contributed by atoms with Crippen molar-refractivity contribution in [2.75, 3.05) is 26.6 Å². The largest absolute Gasteiger partial charge is 0.495 e. The Balaban J connectivity index is 2.12. The number of nitrogens with one attached hydrogen (secondary N) is 1. The molecule has 2 rings (SSSR count). The summed E-state index contributed by atoms with van der Waals surface area (Å²) in [6, 6.07) is 8.18. The quantitative estimate of drug-likeness (QED) is 0.404. The molecule has 10 heteroatoms. The Bertz CT molecular complexity index is 928. The summed E-state index contributed by atoms with van der Waals surface area (Å²) in [4.78, 5) is 35.1. The van der Waals surface area contributed by atoms with Gasteiger partial charge in [-0.3, -0.25) is 14.9 Å². The standard InChI is InChI=1S/C19H20N2O8/c1-11(29-19(23)12-5-7-16(27-3)17(9-12)28-4)18(22)20-14-10-13(21(24)25)6-8-15(14)26-2/h5-11H,1-4H3,(H,20,22). The number of nitro groups is 1. The molecule has 0 fully saturated rings. The molecule has 0 aliphatic heterocycles. The van der Waals surface area contributed by atoms with Crippen LogP contribution >= 0.6 is 0 Å². The number of carbonyl (C=O) groups excluding carboxylic acids is 2. The molecular formula is C19H20N2O8. The number of non-ortho nitro benzene ring substituents is 1. The Hall–Kier alpha value is -3.82. The van der Waals surface area contributed by atoms with Crippen molar-refractivity contribution >= 4 is 23.3 Å². The van der Waals surface area contributed by atoms with Gasteiger partial charge in [0, 0.05) is 12.1 Å². The number of nitrogens with zero attached hydrogens (tertiary/aromatic N) is 1. The minimum absolute atomic E-state index is 0.0840. The second-order valence-electron chi connectivity index (χ2n) is 5.75. The highest BCUT2D eigenvalue weighted by molar-refractivity contribution is 5.98. The zero-order valence-electron chi connectivity index (χ0n) is 16.3. The topological polar surface area (TPSA) is 126 Å². The number of benzene rings is 2. The Labute approximate surface area is 166 Å². The first-order chi connectivity index (χ1) is 13.8. The fraction of sp³-hybridized carbons (Fsp3) is 0.263. The van der Waals surface area contributed by atoms with Crippen molar-refractivity contribution in [1.29, 1.82) is 0 Å². The van der Waals surface area contributed by atoms with Crippen LogP contribution in [0.1, 0.15) is 17.3 Å². The molecule has 0 spiro atoms. The number of esters is 1. The number of anilines is 1. The lowest BCUT2D eigenvalue weighted by Gasteiger charge is -2.15. The van der Waals surface area contributed by atoms with E-state index in [9.17, 15) is 19.7 Å². The van der Waals surface area contributed by atoms with Crippen LogP contribution in [0.2, 0.25) is 0 Å². The fourth-order valence-corrected chi connectivity index (χ4v) is 2.39. The molecule has 0 aliphatic carbocycles. The molecule has 29 heavy (non-hydrogen) atoms. The van der Waals surface area contributed by atoms with E-state index in [1.54, 1.807) is 0 Å². The van der Waals surface area contributed by atoms with E-state index in [1.165, 1.54) is 58.6 Å². The summed E-state index contributed by atoms with van der Waals surface area (Å²) >= 11 is 0. The van der Waals surface area contributed by atoms with Crippen molar-refractivity contribution in [3.8, 4) is 17.2 Å². The predicted molar refractivity (Wildman–Crippen MR) is 103 cm³/mol. The summed E-state index contributed by atoms with van der Waals surface area (Å²) < 4.78 is 20.5. The van der Waals surface area contributed by atoms with Gasteiger partial charge in [0.05, 0.1) is 37.5 Å². The third-order valence-electron chi connectivity index (χ3n) is 3.92. The Morgan fingerprint density at radius 1 is 0.966 bits per heavy atom. The lowest BCUT2D eigenvalue weighted by atomic mass is 10.2. The van der Waals surface area contributed by atoms with E-state index in [0.29, 0.717) is 11.5 Å². The van der Waals surface area contributed by atoms with E-state index in [2.05, 4.69) is 5.32 Å². The summed E-state index contributed by atoms with van der Waals surface area (Å²) in [6.45, 7) is 1.37. The number of methoxy groups -OCH3 is 3. The van der Waals surface area contributed by atoms with Crippen LogP contribution in [0.4, 0.5) is 11.4 Å². The monoisotopic (exact) mass is 404 g/mol. The average Bonchev–Trinajstić information content (AvgIpc) is 2.72. The molecule has 1 amide bonds. The van der Waals surface area contributed by atoms with E-state index in [4.69, 9.17) is 18.9 Å². The van der Waals surface area contributed by atoms with Crippen LogP contribution < -0.4 is 19.5 Å². The number of carbonyl (C=O) groups is 2. The molecule has 0 bridgehead atoms. The molecule has 154 valence electrons. The minimum Gasteiger partial charge on any atom is -0.495 e. The van der Waals surface area contributed by atoms with Crippen molar-refractivity contribution in [1.82, 2.24) is 0 Å². The Morgan fingerprint density at radius 2 is 1.59 bits per heavy atom. The maximum Gasteiger partial charge on any atom is 0.339 e. The number of amides is 1. The van der Waals surface area contributed by atoms with E-state index in [0.717, 1.165) is 6.07 Å². The van der Waals surface area contributed by atoms with Gasteiger partial charge in [-0.15, -0.1) is 0 Å². The number of rotatable bonds is 8. The summed E-state index contributed by atoms with van der Waals surface area (Å²) in [5.41, 5.74) is 0.0204. The molecule has 0 radical (unpaired) electrons. The highest BCUT2D eigenvalue weighted by Gasteiger charge is 2.22. The molecule has 2 aromatic carbocycles. The third kappa shape index (κ3) is 5.12. The minimum atomic E-state index is -1.18. The summed E-state index contributed by atoms with van der Waals surface area (Å²) in [5, 5.41) is 13.4. The van der Waals surface area contributed by atoms with Crippen LogP contribution in [0, 0.1) is 10.1 Å². The van der Waals surface area contributed by atoms with Crippen LogP contribution in [-0.2, 0) is 9.53 Å². The van der Waals surface area contributed by atoms with Gasteiger partial charge in [-0.1, -0.05) is 0 Å². The lowest BCUT2D eigenvalue weighted by Crippen LogP contribution is -2.30. The number of hydrogen-bond donors (Lipinski definition) is 1. The third-order valence-corrected chi connectivity index (χ3v) is 3.92. The van der Waals surface area contributed by atoms with Crippen LogP contribution in [0.25, 0.3) is 0 Å². The fourth-order valence-electron chi connectivity index (χ4n) is 2.39. The van der Waals surface area contributed by atoms with Crippen molar-refractivity contribution < 1.29 is 33.5 Å². The molecule has 0 saturated carbocycles. The van der Waals surface area contributed by atoms with Crippen molar-refractivity contribution in [2.45, 2.75) is 13.0 Å². The zero-order chi connectivity index (χ0) is 21.6. The second-order valence-corrected chi connectivity index (χ2v) is 5.75. The number of ether oxygens (including phenoxy) is 4. The van der Waals surface area contributed by atoms with Gasteiger partial charge in [0.15, 0.2) is 17.6 Å². The first kappa shape index (κ1) is 21.5. The number of nitro benzene ring substituents is 1. The van der Waals surface area contributed by atoms with E-state index < -0.39 is 22.9 Å². The molecular weight excluding hydrogens is 384 g/mol.